The van der Waals surface area contributed by atoms with Crippen molar-refractivity contribution >= 4 is 49.9 Å². The van der Waals surface area contributed by atoms with Crippen LogP contribution in [-0.4, -0.2) is 45.1 Å². The lowest BCUT2D eigenvalue weighted by atomic mass is 9.93. The molecule has 1 saturated carbocycles. The van der Waals surface area contributed by atoms with Crippen molar-refractivity contribution in [3.8, 4) is 17.2 Å². The number of nitrogen functional groups attached to an aromatic ring is 1. The number of fused-ring (bicyclic) bond motifs is 4. The van der Waals surface area contributed by atoms with E-state index in [1.54, 1.807) is 6.07 Å². The van der Waals surface area contributed by atoms with Gasteiger partial charge in [0.15, 0.2) is 17.2 Å². The lowest BCUT2D eigenvalue weighted by Crippen LogP contribution is -2.35. The van der Waals surface area contributed by atoms with Gasteiger partial charge in [-0.2, -0.15) is 37.4 Å². The lowest BCUT2D eigenvalue weighted by molar-refractivity contribution is -0.142. The van der Waals surface area contributed by atoms with Gasteiger partial charge in [0.1, 0.15) is 29.9 Å². The molecule has 3 atom stereocenters. The number of rotatable bonds is 9. The number of pyridine rings is 1. The quantitative estimate of drug-likeness (QED) is 0.154. The van der Waals surface area contributed by atoms with Crippen LogP contribution in [0.4, 0.5) is 42.2 Å². The van der Waals surface area contributed by atoms with E-state index in [-0.39, 0.29) is 61.9 Å². The van der Waals surface area contributed by atoms with Crippen LogP contribution in [0.5, 0.6) is 0 Å². The molecule has 0 aliphatic heterocycles. The molecule has 2 aromatic carbocycles. The highest BCUT2D eigenvalue weighted by molar-refractivity contribution is 7.92. The van der Waals surface area contributed by atoms with Gasteiger partial charge in [-0.1, -0.05) is 17.7 Å². The van der Waals surface area contributed by atoms with E-state index >= 15 is 8.78 Å². The van der Waals surface area contributed by atoms with Crippen LogP contribution in [0.15, 0.2) is 36.4 Å². The van der Waals surface area contributed by atoms with Crippen molar-refractivity contribution in [2.24, 2.45) is 13.0 Å². The average molecular weight is 796 g/mol. The fourth-order valence-electron chi connectivity index (χ4n) is 7.11. The molecule has 1 fully saturated rings. The van der Waals surface area contributed by atoms with E-state index in [4.69, 9.17) is 17.3 Å². The topological polar surface area (TPSA) is 174 Å². The average Bonchev–Trinajstić information content (AvgIpc) is 3.58. The van der Waals surface area contributed by atoms with E-state index < -0.39 is 87.5 Å². The molecule has 0 saturated heterocycles. The summed E-state index contributed by atoms with van der Waals surface area (Å²) in [6.07, 6.45) is -4.82. The highest BCUT2D eigenvalue weighted by atomic mass is 35.5. The SMILES string of the molecule is Cn1nc(NS(C)(=O)=O)c2c(Cl)ccc(-c3cc(N)c(C#N)nc3[C@H](Cc3cc(F)cc(F)c3)NC(=O)Cn3nc(C(F)(F)F)c4c3C(F)(F)[C@@H]3C[C@H]43)c21. The van der Waals surface area contributed by atoms with Crippen LogP contribution < -0.4 is 15.8 Å². The third kappa shape index (κ3) is 6.44. The summed E-state index contributed by atoms with van der Waals surface area (Å²) < 4.78 is 129. The molecule has 0 spiro atoms. The van der Waals surface area contributed by atoms with Crippen molar-refractivity contribution in [2.75, 3.05) is 16.7 Å². The predicted octanol–water partition coefficient (Wildman–Crippen LogP) is 5.92. The maximum atomic E-state index is 15.3. The minimum atomic E-state index is -5.09. The van der Waals surface area contributed by atoms with Gasteiger partial charge >= 0.3 is 6.18 Å². The van der Waals surface area contributed by atoms with Crippen molar-refractivity contribution < 1.29 is 43.9 Å². The van der Waals surface area contributed by atoms with Gasteiger partial charge in [-0.05, 0) is 48.6 Å². The third-order valence-electron chi connectivity index (χ3n) is 9.22. The first kappa shape index (κ1) is 36.9. The maximum absolute atomic E-state index is 15.3. The van der Waals surface area contributed by atoms with Crippen LogP contribution in [-0.2, 0) is 46.9 Å². The standard InChI is InChI=1S/C33H25ClF7N9O3S/c1-49-28-16(3-4-20(34)26(28)31(47-49)48-54(2,52)53)17-10-21(43)23(11-42)45-27(17)22(7-13-5-14(35)8-15(36)6-13)44-24(51)12-50-30-25(29(46-50)33(39,40)41)18-9-19(18)32(30,37)38/h3-6,8,10,18-19,22H,7,9,12,43H2,1-2H3,(H,44,51)(H,47,48)/t18-,19+,22-/m0/s1. The molecule has 0 radical (unpaired) electrons. The summed E-state index contributed by atoms with van der Waals surface area (Å²) in [6, 6.07) is 6.98. The normalized spacial score (nSPS) is 17.9. The van der Waals surface area contributed by atoms with Gasteiger partial charge in [-0.3, -0.25) is 18.9 Å². The van der Waals surface area contributed by atoms with E-state index in [2.05, 4.69) is 25.2 Å². The zero-order valence-corrected chi connectivity index (χ0v) is 29.3. The Labute approximate surface area is 305 Å². The van der Waals surface area contributed by atoms with Crippen LogP contribution in [0.25, 0.3) is 22.0 Å². The second-order valence-corrected chi connectivity index (χ2v) is 15.2. The zero-order valence-electron chi connectivity index (χ0n) is 27.7. The number of aryl methyl sites for hydroxylation is 1. The Hall–Kier alpha value is -5.42. The van der Waals surface area contributed by atoms with Crippen LogP contribution in [0.3, 0.4) is 0 Å². The third-order valence-corrected chi connectivity index (χ3v) is 10.1. The molecule has 1 amide bonds. The Kier molecular flexibility index (Phi) is 8.60. The summed E-state index contributed by atoms with van der Waals surface area (Å²) in [7, 11) is -2.40. The summed E-state index contributed by atoms with van der Waals surface area (Å²) in [4.78, 5) is 18.1. The molecule has 3 aromatic heterocycles. The number of hydrogen-bond acceptors (Lipinski definition) is 8. The molecule has 7 rings (SSSR count). The van der Waals surface area contributed by atoms with Crippen LogP contribution in [0, 0.1) is 28.9 Å². The van der Waals surface area contributed by atoms with E-state index in [9.17, 15) is 40.4 Å². The van der Waals surface area contributed by atoms with Crippen molar-refractivity contribution in [1.29, 1.82) is 5.26 Å². The van der Waals surface area contributed by atoms with Crippen molar-refractivity contribution in [3.63, 3.8) is 0 Å². The largest absolute Gasteiger partial charge is 0.435 e. The Morgan fingerprint density at radius 3 is 2.46 bits per heavy atom. The molecular weight excluding hydrogens is 771 g/mol. The minimum absolute atomic E-state index is 0.0479. The first-order valence-electron chi connectivity index (χ1n) is 15.8. The molecule has 54 heavy (non-hydrogen) atoms. The number of nitrogens with two attached hydrogens (primary N) is 1. The smallest absolute Gasteiger partial charge is 0.396 e. The highest BCUT2D eigenvalue weighted by Gasteiger charge is 2.68. The second-order valence-electron chi connectivity index (χ2n) is 13.1. The van der Waals surface area contributed by atoms with Gasteiger partial charge in [0.05, 0.1) is 39.6 Å². The molecule has 4 N–H and O–H groups in total. The van der Waals surface area contributed by atoms with Gasteiger partial charge in [0, 0.05) is 35.7 Å². The Balaban J connectivity index is 1.37. The number of carbonyl (C=O) groups is 1. The number of alkyl halides is 5. The van der Waals surface area contributed by atoms with Crippen molar-refractivity contribution in [3.05, 3.63) is 87.0 Å². The number of aromatic nitrogens is 5. The minimum Gasteiger partial charge on any atom is -0.396 e. The number of anilines is 2. The van der Waals surface area contributed by atoms with Crippen LogP contribution in [0.1, 0.15) is 52.3 Å². The summed E-state index contributed by atoms with van der Waals surface area (Å²) in [6.45, 7) is -1.12. The molecule has 0 unspecified atom stereocenters. The molecule has 2 aliphatic carbocycles. The second kappa shape index (κ2) is 12.6. The van der Waals surface area contributed by atoms with Crippen molar-refractivity contribution in [1.82, 2.24) is 29.9 Å². The number of benzene rings is 2. The fourth-order valence-corrected chi connectivity index (χ4v) is 7.84. The number of nitriles is 1. The zero-order chi connectivity index (χ0) is 39.2. The molecule has 0 bridgehead atoms. The molecular formula is C33H25ClF7N9O3S. The number of carbonyl (C=O) groups excluding carboxylic acids is 1. The number of halogens is 8. The Morgan fingerprint density at radius 2 is 1.83 bits per heavy atom. The molecule has 282 valence electrons. The number of nitrogens with zero attached hydrogens (tertiary/aromatic N) is 6. The molecule has 5 aromatic rings. The van der Waals surface area contributed by atoms with E-state index in [1.165, 1.54) is 29.9 Å². The van der Waals surface area contributed by atoms with Crippen LogP contribution >= 0.6 is 11.6 Å². The monoisotopic (exact) mass is 795 g/mol. The molecule has 3 heterocycles. The van der Waals surface area contributed by atoms with Gasteiger partial charge in [-0.15, -0.1) is 0 Å². The summed E-state index contributed by atoms with van der Waals surface area (Å²) in [5, 5.41) is 20.2. The number of nitrogens with one attached hydrogen (secondary N) is 2. The van der Waals surface area contributed by atoms with Crippen LogP contribution in [0.2, 0.25) is 5.02 Å². The Morgan fingerprint density at radius 1 is 1.15 bits per heavy atom. The summed E-state index contributed by atoms with van der Waals surface area (Å²) in [5.74, 6) is -9.41. The first-order chi connectivity index (χ1) is 25.2. The van der Waals surface area contributed by atoms with E-state index in [0.29, 0.717) is 10.7 Å². The van der Waals surface area contributed by atoms with E-state index in [0.717, 1.165) is 18.4 Å². The fraction of sp³-hybridized carbons (Fsp3) is 0.303. The maximum Gasteiger partial charge on any atom is 0.435 e. The number of amides is 1. The van der Waals surface area contributed by atoms with E-state index in [1.807, 2.05) is 0 Å². The number of hydrogen-bond donors (Lipinski definition) is 3. The lowest BCUT2D eigenvalue weighted by Gasteiger charge is -2.23. The highest BCUT2D eigenvalue weighted by Crippen LogP contribution is 2.68. The first-order valence-corrected chi connectivity index (χ1v) is 18.1. The van der Waals surface area contributed by atoms with Gasteiger partial charge in [0.2, 0.25) is 15.9 Å². The molecule has 12 nitrogen and oxygen atoms in total. The molecule has 21 heteroatoms. The summed E-state index contributed by atoms with van der Waals surface area (Å²) in [5.41, 5.74) is 2.75. The van der Waals surface area contributed by atoms with Gasteiger partial charge in [-0.25, -0.2) is 22.2 Å². The summed E-state index contributed by atoms with van der Waals surface area (Å²) >= 11 is 6.50. The van der Waals surface area contributed by atoms with Gasteiger partial charge in [0.25, 0.3) is 5.92 Å². The Bertz CT molecular complexity index is 2550. The number of sulfonamides is 1. The predicted molar refractivity (Wildman–Crippen MR) is 179 cm³/mol. The van der Waals surface area contributed by atoms with Crippen molar-refractivity contribution in [2.45, 2.75) is 43.4 Å². The molecule has 2 aliphatic rings. The van der Waals surface area contributed by atoms with Gasteiger partial charge < -0.3 is 11.1 Å².